The summed E-state index contributed by atoms with van der Waals surface area (Å²) in [6.45, 7) is 3.45. The van der Waals surface area contributed by atoms with Crippen molar-refractivity contribution in [1.82, 2.24) is 15.1 Å². The number of aryl methyl sites for hydroxylation is 1. The maximum absolute atomic E-state index is 12.3. The first-order valence-corrected chi connectivity index (χ1v) is 9.42. The van der Waals surface area contributed by atoms with Gasteiger partial charge >= 0.3 is 6.09 Å². The standard InChI is InChI=1S/C22H26N4O3/c1-16-6-4-5-7-18(16)15-29-22(27)25-20-9-8-17(19-13-23-24-14-19)12-21(20)28-11-10-26(2)3/h4-9,12-14H,10-11,15H2,1-3H3,(H,23,24)(H,25,27). The highest BCUT2D eigenvalue weighted by atomic mass is 16.5. The summed E-state index contributed by atoms with van der Waals surface area (Å²) >= 11 is 0. The molecule has 3 aromatic rings. The fourth-order valence-corrected chi connectivity index (χ4v) is 2.73. The van der Waals surface area contributed by atoms with Gasteiger partial charge in [-0.3, -0.25) is 10.4 Å². The van der Waals surface area contributed by atoms with Crippen molar-refractivity contribution in [3.05, 3.63) is 66.0 Å². The number of rotatable bonds is 8. The van der Waals surface area contributed by atoms with Crippen molar-refractivity contribution < 1.29 is 14.3 Å². The molecule has 29 heavy (non-hydrogen) atoms. The van der Waals surface area contributed by atoms with Crippen LogP contribution in [0.3, 0.4) is 0 Å². The second kappa shape index (κ2) is 9.75. The summed E-state index contributed by atoms with van der Waals surface area (Å²) in [7, 11) is 3.96. The summed E-state index contributed by atoms with van der Waals surface area (Å²) < 4.78 is 11.3. The Hall–Kier alpha value is -3.32. The number of aromatic nitrogens is 2. The van der Waals surface area contributed by atoms with Gasteiger partial charge in [0.25, 0.3) is 0 Å². The average Bonchev–Trinajstić information content (AvgIpc) is 3.23. The average molecular weight is 394 g/mol. The van der Waals surface area contributed by atoms with Gasteiger partial charge in [0.1, 0.15) is 19.0 Å². The number of ether oxygens (including phenoxy) is 2. The minimum Gasteiger partial charge on any atom is -0.490 e. The first kappa shape index (κ1) is 20.4. The molecule has 152 valence electrons. The first-order chi connectivity index (χ1) is 14.0. The number of hydrogen-bond acceptors (Lipinski definition) is 5. The Morgan fingerprint density at radius 3 is 2.72 bits per heavy atom. The minimum absolute atomic E-state index is 0.211. The Labute approximate surface area is 170 Å². The summed E-state index contributed by atoms with van der Waals surface area (Å²) in [5, 5.41) is 9.57. The number of H-pyrrole nitrogens is 1. The van der Waals surface area contributed by atoms with E-state index in [9.17, 15) is 4.79 Å². The van der Waals surface area contributed by atoms with Crippen LogP contribution in [0.5, 0.6) is 5.75 Å². The van der Waals surface area contributed by atoms with Crippen LogP contribution in [0.25, 0.3) is 11.1 Å². The van der Waals surface area contributed by atoms with Crippen LogP contribution in [0.4, 0.5) is 10.5 Å². The van der Waals surface area contributed by atoms with E-state index in [-0.39, 0.29) is 6.61 Å². The van der Waals surface area contributed by atoms with Gasteiger partial charge in [-0.1, -0.05) is 30.3 Å². The molecule has 0 bridgehead atoms. The number of aromatic amines is 1. The van der Waals surface area contributed by atoms with E-state index < -0.39 is 6.09 Å². The van der Waals surface area contributed by atoms with E-state index in [0.29, 0.717) is 18.0 Å². The van der Waals surface area contributed by atoms with E-state index in [1.165, 1.54) is 0 Å². The number of nitrogens with zero attached hydrogens (tertiary/aromatic N) is 2. The van der Waals surface area contributed by atoms with Crippen LogP contribution < -0.4 is 10.1 Å². The number of benzene rings is 2. The molecular weight excluding hydrogens is 368 g/mol. The lowest BCUT2D eigenvalue weighted by atomic mass is 10.1. The third kappa shape index (κ3) is 5.83. The lowest BCUT2D eigenvalue weighted by molar-refractivity contribution is 0.154. The van der Waals surface area contributed by atoms with Gasteiger partial charge in [-0.2, -0.15) is 5.10 Å². The van der Waals surface area contributed by atoms with E-state index in [4.69, 9.17) is 9.47 Å². The maximum Gasteiger partial charge on any atom is 0.412 e. The predicted molar refractivity (Wildman–Crippen MR) is 113 cm³/mol. The fraction of sp³-hybridized carbons (Fsp3) is 0.273. The summed E-state index contributed by atoms with van der Waals surface area (Å²) in [4.78, 5) is 14.4. The topological polar surface area (TPSA) is 79.5 Å². The van der Waals surface area contributed by atoms with Crippen molar-refractivity contribution >= 4 is 11.8 Å². The lowest BCUT2D eigenvalue weighted by Gasteiger charge is -2.16. The molecule has 1 aromatic heterocycles. The molecule has 0 fully saturated rings. The van der Waals surface area contributed by atoms with E-state index in [2.05, 4.69) is 15.5 Å². The minimum atomic E-state index is -0.526. The van der Waals surface area contributed by atoms with Gasteiger partial charge < -0.3 is 14.4 Å². The molecule has 7 nitrogen and oxygen atoms in total. The van der Waals surface area contributed by atoms with Crippen LogP contribution in [-0.4, -0.2) is 48.4 Å². The van der Waals surface area contributed by atoms with Crippen LogP contribution in [0.1, 0.15) is 11.1 Å². The van der Waals surface area contributed by atoms with Crippen LogP contribution >= 0.6 is 0 Å². The molecule has 2 aromatic carbocycles. The highest BCUT2D eigenvalue weighted by Crippen LogP contribution is 2.31. The Morgan fingerprint density at radius 2 is 2.00 bits per heavy atom. The van der Waals surface area contributed by atoms with Gasteiger partial charge in [-0.15, -0.1) is 0 Å². The van der Waals surface area contributed by atoms with Crippen LogP contribution in [0.2, 0.25) is 0 Å². The third-order valence-electron chi connectivity index (χ3n) is 4.47. The molecule has 0 aliphatic carbocycles. The van der Waals surface area contributed by atoms with E-state index in [0.717, 1.165) is 28.8 Å². The van der Waals surface area contributed by atoms with E-state index in [1.54, 1.807) is 6.20 Å². The SMILES string of the molecule is Cc1ccccc1COC(=O)Nc1ccc(-c2cn[nH]c2)cc1OCCN(C)C. The Bertz CT molecular complexity index is 939. The maximum atomic E-state index is 12.3. The van der Waals surface area contributed by atoms with Crippen LogP contribution in [-0.2, 0) is 11.3 Å². The van der Waals surface area contributed by atoms with Gasteiger partial charge in [0.15, 0.2) is 0 Å². The molecule has 0 saturated heterocycles. The molecule has 0 aliphatic heterocycles. The third-order valence-corrected chi connectivity index (χ3v) is 4.47. The van der Waals surface area contributed by atoms with Crippen LogP contribution in [0, 0.1) is 6.92 Å². The van der Waals surface area contributed by atoms with Crippen molar-refractivity contribution in [2.45, 2.75) is 13.5 Å². The Morgan fingerprint density at radius 1 is 1.17 bits per heavy atom. The van der Waals surface area contributed by atoms with Gasteiger partial charge in [0, 0.05) is 18.3 Å². The number of amides is 1. The highest BCUT2D eigenvalue weighted by molar-refractivity contribution is 5.87. The summed E-state index contributed by atoms with van der Waals surface area (Å²) in [5.74, 6) is 0.582. The molecule has 1 heterocycles. The molecule has 3 rings (SSSR count). The number of carbonyl (C=O) groups excluding carboxylic acids is 1. The van der Waals surface area contributed by atoms with Crippen molar-refractivity contribution in [2.24, 2.45) is 0 Å². The molecule has 0 saturated carbocycles. The van der Waals surface area contributed by atoms with Crippen molar-refractivity contribution in [3.63, 3.8) is 0 Å². The second-order valence-electron chi connectivity index (χ2n) is 6.98. The Kier molecular flexibility index (Phi) is 6.86. The Balaban J connectivity index is 1.70. The first-order valence-electron chi connectivity index (χ1n) is 9.42. The lowest BCUT2D eigenvalue weighted by Crippen LogP contribution is -2.20. The number of hydrogen-bond donors (Lipinski definition) is 2. The summed E-state index contributed by atoms with van der Waals surface area (Å²) in [5.41, 5.74) is 4.50. The fourth-order valence-electron chi connectivity index (χ4n) is 2.73. The smallest absolute Gasteiger partial charge is 0.412 e. The largest absolute Gasteiger partial charge is 0.490 e. The number of anilines is 1. The molecule has 2 N–H and O–H groups in total. The summed E-state index contributed by atoms with van der Waals surface area (Å²) in [6, 6.07) is 13.4. The zero-order valence-corrected chi connectivity index (χ0v) is 16.9. The van der Waals surface area contributed by atoms with Gasteiger partial charge in [-0.25, -0.2) is 4.79 Å². The molecule has 0 radical (unpaired) electrons. The van der Waals surface area contributed by atoms with Gasteiger partial charge in [-0.05, 0) is 49.8 Å². The normalized spacial score (nSPS) is 10.8. The zero-order chi connectivity index (χ0) is 20.6. The molecule has 0 aliphatic rings. The monoisotopic (exact) mass is 394 g/mol. The van der Waals surface area contributed by atoms with E-state index in [1.807, 2.05) is 74.6 Å². The van der Waals surface area contributed by atoms with Gasteiger partial charge in [0.05, 0.1) is 11.9 Å². The van der Waals surface area contributed by atoms with Crippen molar-refractivity contribution in [1.29, 1.82) is 0 Å². The molecule has 0 atom stereocenters. The second-order valence-corrected chi connectivity index (χ2v) is 6.98. The predicted octanol–water partition coefficient (Wildman–Crippen LogP) is 4.07. The van der Waals surface area contributed by atoms with Gasteiger partial charge in [0.2, 0.25) is 0 Å². The molecule has 7 heteroatoms. The van der Waals surface area contributed by atoms with Crippen molar-refractivity contribution in [3.8, 4) is 16.9 Å². The molecular formula is C22H26N4O3. The molecule has 0 spiro atoms. The molecule has 1 amide bonds. The van der Waals surface area contributed by atoms with E-state index >= 15 is 0 Å². The van der Waals surface area contributed by atoms with Crippen LogP contribution in [0.15, 0.2) is 54.9 Å². The number of nitrogens with one attached hydrogen (secondary N) is 2. The van der Waals surface area contributed by atoms with Crippen molar-refractivity contribution in [2.75, 3.05) is 32.6 Å². The number of likely N-dealkylation sites (N-methyl/N-ethyl adjacent to an activating group) is 1. The quantitative estimate of drug-likeness (QED) is 0.602. The highest BCUT2D eigenvalue weighted by Gasteiger charge is 2.12. The summed E-state index contributed by atoms with van der Waals surface area (Å²) in [6.07, 6.45) is 3.02. The molecule has 0 unspecified atom stereocenters. The number of carbonyl (C=O) groups is 1. The zero-order valence-electron chi connectivity index (χ0n) is 16.9.